The van der Waals surface area contributed by atoms with E-state index in [1.54, 1.807) is 24.3 Å². The number of nitriles is 2. The van der Waals surface area contributed by atoms with Crippen molar-refractivity contribution in [1.29, 1.82) is 10.5 Å². The van der Waals surface area contributed by atoms with Crippen LogP contribution < -0.4 is 21.2 Å². The summed E-state index contributed by atoms with van der Waals surface area (Å²) in [5, 5.41) is 22.5. The lowest BCUT2D eigenvalue weighted by atomic mass is 10.2. The molecule has 0 fully saturated rings. The summed E-state index contributed by atoms with van der Waals surface area (Å²) >= 11 is 0. The Morgan fingerprint density at radius 1 is 0.345 bits per heavy atom. The molecule has 2 nitrogen and oxygen atoms in total. The smallest absolute Gasteiger partial charge is 0.418 e. The highest BCUT2D eigenvalue weighted by Gasteiger charge is 2.21. The molecule has 0 aliphatic carbocycles. The van der Waals surface area contributed by atoms with Crippen LogP contribution >= 0.6 is 15.8 Å². The minimum atomic E-state index is -6.00. The fourth-order valence-corrected chi connectivity index (χ4v) is 9.61. The highest BCUT2D eigenvalue weighted by Crippen LogP contribution is 2.39. The molecule has 14 heteroatoms. The lowest BCUT2D eigenvalue weighted by Gasteiger charge is -2.22. The first kappa shape index (κ1) is 45.9. The van der Waals surface area contributed by atoms with Gasteiger partial charge in [-0.2, -0.15) is 10.5 Å². The van der Waals surface area contributed by atoms with Crippen molar-refractivity contribution >= 4 is 51.6 Å². The van der Waals surface area contributed by atoms with Crippen LogP contribution in [0.1, 0.15) is 17.5 Å². The third-order valence-electron chi connectivity index (χ3n) is 6.84. The molecule has 0 spiro atoms. The van der Waals surface area contributed by atoms with Gasteiger partial charge in [0.2, 0.25) is 0 Å². The van der Waals surface area contributed by atoms with E-state index in [4.69, 9.17) is 10.5 Å². The van der Waals surface area contributed by atoms with Crippen molar-refractivity contribution in [2.75, 3.05) is 12.3 Å². The quantitative estimate of drug-likeness (QED) is 0.0876. The molecule has 0 heterocycles. The Morgan fingerprint density at radius 3 is 0.691 bits per heavy atom. The molecule has 0 aliphatic heterocycles. The van der Waals surface area contributed by atoms with Crippen molar-refractivity contribution in [2.24, 2.45) is 0 Å². The summed E-state index contributed by atoms with van der Waals surface area (Å²) in [5.74, 6) is 0. The van der Waals surface area contributed by atoms with Gasteiger partial charge in [-0.3, -0.25) is 0 Å². The second kappa shape index (κ2) is 25.7. The Hall–Kier alpha value is -5.27. The minimum absolute atomic E-state index is 0.309. The van der Waals surface area contributed by atoms with Gasteiger partial charge in [-0.25, -0.2) is 0 Å². The van der Waals surface area contributed by atoms with Gasteiger partial charge in [0.05, 0.1) is 23.3 Å². The Balaban J connectivity index is 0.000000323. The van der Waals surface area contributed by atoms with Crippen molar-refractivity contribution in [1.82, 2.24) is 0 Å². The van der Waals surface area contributed by atoms with Gasteiger partial charge in [-0.1, -0.05) is 158 Å². The van der Waals surface area contributed by atoms with Crippen LogP contribution in [0.2, 0.25) is 0 Å². The van der Waals surface area contributed by atoms with Crippen LogP contribution in [-0.2, 0) is 0 Å². The largest absolute Gasteiger partial charge is 0.673 e. The van der Waals surface area contributed by atoms with E-state index in [2.05, 4.69) is 121 Å². The van der Waals surface area contributed by atoms with Crippen LogP contribution in [0.3, 0.4) is 0 Å². The van der Waals surface area contributed by atoms with Crippen LogP contribution in [0, 0.1) is 22.7 Å². The molecule has 0 unspecified atom stereocenters. The van der Waals surface area contributed by atoms with E-state index in [0.29, 0.717) is 11.1 Å². The van der Waals surface area contributed by atoms with Gasteiger partial charge in [0, 0.05) is 0 Å². The zero-order chi connectivity index (χ0) is 40.4. The van der Waals surface area contributed by atoms with Gasteiger partial charge in [0.1, 0.15) is 0 Å². The Bertz CT molecular complexity index is 1710. The topological polar surface area (TPSA) is 47.6 Å². The van der Waals surface area contributed by atoms with Crippen LogP contribution in [0.15, 0.2) is 182 Å². The van der Waals surface area contributed by atoms with Crippen LogP contribution in [0.5, 0.6) is 0 Å². The first-order valence-corrected chi connectivity index (χ1v) is 19.7. The molecule has 0 aromatic heterocycles. The summed E-state index contributed by atoms with van der Waals surface area (Å²) in [7, 11) is -12.6. The molecule has 0 N–H and O–H groups in total. The lowest BCUT2D eigenvalue weighted by Crippen LogP contribution is -2.17. The van der Waals surface area contributed by atoms with Crippen LogP contribution in [-0.4, -0.2) is 26.8 Å². The van der Waals surface area contributed by atoms with Gasteiger partial charge in [0.25, 0.3) is 0 Å². The van der Waals surface area contributed by atoms with E-state index in [-0.39, 0.29) is 15.8 Å². The average molecular weight is 792 g/mol. The maximum Gasteiger partial charge on any atom is 0.673 e. The Morgan fingerprint density at radius 2 is 0.527 bits per heavy atom. The SMILES string of the molecule is F[B-](F)(F)F.F[B-](F)(F)F.N#Cc1ccccc1.N#Cc1ccccc1.c1ccc(P(CCCP(c2ccccc2)c2ccccc2)c2ccccc2)cc1. The first-order valence-electron chi connectivity index (χ1n) is 16.7. The highest BCUT2D eigenvalue weighted by atomic mass is 31.1. The number of nitrogens with zero attached hydrogens (tertiary/aromatic N) is 2. The van der Waals surface area contributed by atoms with E-state index >= 15 is 0 Å². The fraction of sp³-hybridized carbons (Fsp3) is 0.0732. The molecule has 0 aliphatic rings. The maximum atomic E-state index is 9.75. The zero-order valence-electron chi connectivity index (χ0n) is 29.4. The third-order valence-corrected chi connectivity index (χ3v) is 12.1. The molecule has 0 atom stereocenters. The van der Waals surface area contributed by atoms with E-state index in [1.807, 2.05) is 48.5 Å². The molecule has 0 amide bonds. The van der Waals surface area contributed by atoms with Gasteiger partial charge in [-0.15, -0.1) is 0 Å². The summed E-state index contributed by atoms with van der Waals surface area (Å²) in [6.45, 7) is 0. The summed E-state index contributed by atoms with van der Waals surface area (Å²) < 4.78 is 78.0. The fourth-order valence-electron chi connectivity index (χ4n) is 4.66. The highest BCUT2D eigenvalue weighted by molar-refractivity contribution is 7.74. The molecule has 6 rings (SSSR count). The lowest BCUT2D eigenvalue weighted by molar-refractivity contribution is 0.366. The molecule has 0 radical (unpaired) electrons. The molecule has 55 heavy (non-hydrogen) atoms. The molecule has 0 saturated carbocycles. The van der Waals surface area contributed by atoms with Crippen LogP contribution in [0.25, 0.3) is 0 Å². The number of benzene rings is 6. The van der Waals surface area contributed by atoms with Gasteiger partial charge >= 0.3 is 14.5 Å². The average Bonchev–Trinajstić information content (AvgIpc) is 3.19. The van der Waals surface area contributed by atoms with E-state index in [1.165, 1.54) is 40.0 Å². The maximum absolute atomic E-state index is 9.75. The summed E-state index contributed by atoms with van der Waals surface area (Å²) in [5.41, 5.74) is 1.43. The molecule has 6 aromatic carbocycles. The van der Waals surface area contributed by atoms with E-state index < -0.39 is 14.5 Å². The summed E-state index contributed by atoms with van der Waals surface area (Å²) in [4.78, 5) is 0. The first-order chi connectivity index (χ1) is 26.3. The summed E-state index contributed by atoms with van der Waals surface area (Å²) in [6, 6.07) is 66.6. The number of hydrogen-bond acceptors (Lipinski definition) is 2. The van der Waals surface area contributed by atoms with Gasteiger partial charge < -0.3 is 34.5 Å². The molecular formula is C41H36B2F8N2P2-2. The Labute approximate surface area is 319 Å². The number of hydrogen-bond donors (Lipinski definition) is 0. The molecule has 6 aromatic rings. The monoisotopic (exact) mass is 792 g/mol. The predicted molar refractivity (Wildman–Crippen MR) is 215 cm³/mol. The summed E-state index contributed by atoms with van der Waals surface area (Å²) in [6.07, 6.45) is 3.72. The minimum Gasteiger partial charge on any atom is -0.418 e. The van der Waals surface area contributed by atoms with Crippen molar-refractivity contribution < 1.29 is 34.5 Å². The van der Waals surface area contributed by atoms with Gasteiger partial charge in [0.15, 0.2) is 0 Å². The standard InChI is InChI=1S/C27H26P2.2C7H5N.2BF4/c1-5-14-24(15-6-1)28(25-16-7-2-8-17-25)22-13-23-29(26-18-9-3-10-19-26)27-20-11-4-12-21-27;2*8-6-7-4-2-1-3-5-7;2*2-1(3,4)5/h1-12,14-21H,13,22-23H2;2*1-5H;;/q;;;2*-1. The predicted octanol–water partition coefficient (Wildman–Crippen LogP) is 11.4. The van der Waals surface area contributed by atoms with Crippen molar-refractivity contribution in [3.05, 3.63) is 193 Å². The molecule has 0 saturated heterocycles. The van der Waals surface area contributed by atoms with Crippen LogP contribution in [0.4, 0.5) is 34.5 Å². The molecule has 0 bridgehead atoms. The molecular weight excluding hydrogens is 756 g/mol. The van der Waals surface area contributed by atoms with E-state index in [9.17, 15) is 34.5 Å². The van der Waals surface area contributed by atoms with Crippen molar-refractivity contribution in [3.63, 3.8) is 0 Å². The third kappa shape index (κ3) is 22.5. The molecule has 284 valence electrons. The van der Waals surface area contributed by atoms with Gasteiger partial charge in [-0.05, 0) is 80.1 Å². The number of halogens is 8. The van der Waals surface area contributed by atoms with E-state index in [0.717, 1.165) is 0 Å². The van der Waals surface area contributed by atoms with Crippen molar-refractivity contribution in [3.8, 4) is 12.1 Å². The zero-order valence-corrected chi connectivity index (χ0v) is 31.2. The Kier molecular flexibility index (Phi) is 21.4. The second-order valence-electron chi connectivity index (χ2n) is 10.9. The second-order valence-corrected chi connectivity index (χ2v) is 15.6. The number of rotatable bonds is 8. The van der Waals surface area contributed by atoms with Crippen molar-refractivity contribution in [2.45, 2.75) is 6.42 Å². The normalized spacial score (nSPS) is 10.3.